The Kier molecular flexibility index (Phi) is 4.84. The van der Waals surface area contributed by atoms with Gasteiger partial charge in [0.25, 0.3) is 5.19 Å². The zero-order chi connectivity index (χ0) is 15.9. The van der Waals surface area contributed by atoms with Crippen molar-refractivity contribution in [1.82, 2.24) is 15.0 Å². The van der Waals surface area contributed by atoms with E-state index in [2.05, 4.69) is 15.0 Å². The second kappa shape index (κ2) is 6.73. The van der Waals surface area contributed by atoms with Crippen LogP contribution in [0, 0.1) is 0 Å². The van der Waals surface area contributed by atoms with Gasteiger partial charge in [-0.1, -0.05) is 17.4 Å². The van der Waals surface area contributed by atoms with Crippen LogP contribution in [0.1, 0.15) is 0 Å². The van der Waals surface area contributed by atoms with Crippen LogP contribution in [-0.4, -0.2) is 52.9 Å². The fourth-order valence-electron chi connectivity index (χ4n) is 2.34. The van der Waals surface area contributed by atoms with Crippen LogP contribution in [0.5, 0.6) is 5.19 Å². The summed E-state index contributed by atoms with van der Waals surface area (Å²) < 4.78 is 30.4. The molecule has 0 radical (unpaired) electrons. The van der Waals surface area contributed by atoms with Crippen molar-refractivity contribution in [2.24, 2.45) is 0 Å². The molecule has 0 fully saturated rings. The molecule has 4 aromatic rings. The second-order valence-electron chi connectivity index (χ2n) is 4.68. The molecule has 0 aliphatic heterocycles. The van der Waals surface area contributed by atoms with Crippen molar-refractivity contribution in [2.75, 3.05) is 0 Å². The summed E-state index contributed by atoms with van der Waals surface area (Å²) in [4.78, 5) is 12.5. The normalized spacial score (nSPS) is 11.3. The Labute approximate surface area is 164 Å². The summed E-state index contributed by atoms with van der Waals surface area (Å²) in [7, 11) is -4.02. The van der Waals surface area contributed by atoms with E-state index in [1.54, 1.807) is 48.1 Å². The van der Waals surface area contributed by atoms with Gasteiger partial charge < -0.3 is 4.18 Å². The van der Waals surface area contributed by atoms with Gasteiger partial charge in [-0.15, -0.1) is 0 Å². The van der Waals surface area contributed by atoms with E-state index >= 15 is 0 Å². The molecule has 0 aliphatic carbocycles. The van der Waals surface area contributed by atoms with Crippen molar-refractivity contribution in [3.05, 3.63) is 54.3 Å². The summed E-state index contributed by atoms with van der Waals surface area (Å²) in [5.74, 6) is 0. The van der Waals surface area contributed by atoms with E-state index in [4.69, 9.17) is 4.18 Å². The van der Waals surface area contributed by atoms with E-state index in [9.17, 15) is 8.42 Å². The van der Waals surface area contributed by atoms with Crippen LogP contribution in [0.3, 0.4) is 0 Å². The number of benzene rings is 1. The molecule has 0 N–H and O–H groups in total. The Bertz CT molecular complexity index is 1120. The van der Waals surface area contributed by atoms with Crippen LogP contribution in [0.15, 0.2) is 59.2 Å². The van der Waals surface area contributed by atoms with Gasteiger partial charge in [-0.25, -0.2) is 4.98 Å². The van der Waals surface area contributed by atoms with Gasteiger partial charge >= 0.3 is 39.7 Å². The van der Waals surface area contributed by atoms with Gasteiger partial charge in [0.15, 0.2) is 0 Å². The summed E-state index contributed by atoms with van der Waals surface area (Å²) in [6.45, 7) is 0. The van der Waals surface area contributed by atoms with Gasteiger partial charge in [0.2, 0.25) is 0 Å². The third-order valence-electron chi connectivity index (χ3n) is 3.28. The molecule has 4 rings (SSSR count). The Balaban J connectivity index is 0.00000169. The van der Waals surface area contributed by atoms with Crippen LogP contribution >= 0.6 is 11.3 Å². The first-order chi connectivity index (χ1) is 11.1. The van der Waals surface area contributed by atoms with Gasteiger partial charge in [0, 0.05) is 34.7 Å². The number of hydrogen-bond acceptors (Lipinski definition) is 7. The Morgan fingerprint density at radius 3 is 2.46 bits per heavy atom. The molecular weight excluding hydrogens is 357 g/mol. The molecule has 24 heavy (non-hydrogen) atoms. The number of hydrogen-bond donors (Lipinski definition) is 0. The molecule has 9 heteroatoms. The third kappa shape index (κ3) is 3.03. The van der Waals surface area contributed by atoms with Crippen LogP contribution in [0.2, 0.25) is 0 Å². The molecule has 3 heterocycles. The average Bonchev–Trinajstić information content (AvgIpc) is 3.06. The van der Waals surface area contributed by atoms with Gasteiger partial charge in [0.05, 0.1) is 11.0 Å². The summed E-state index contributed by atoms with van der Waals surface area (Å²) in [6.07, 6.45) is 4.74. The first-order valence-electron chi connectivity index (χ1n) is 6.61. The molecule has 1 aromatic carbocycles. The number of rotatable bonds is 3. The second-order valence-corrected chi connectivity index (χ2v) is 7.06. The molecule has 0 amide bonds. The summed E-state index contributed by atoms with van der Waals surface area (Å²) >= 11 is 1.11. The van der Waals surface area contributed by atoms with Crippen molar-refractivity contribution in [2.45, 2.75) is 4.90 Å². The standard InChI is InChI=1S/C15H9N3O3S2.Na.H/c19-23(20,21-15-18-7-8-22-15)12-9-10-3-1-5-16-13(10)14-11(12)4-2-6-17-14;;/h1-9H;;. The zero-order valence-electron chi connectivity index (χ0n) is 11.6. The molecule has 0 saturated carbocycles. The molecule has 0 unspecified atom stereocenters. The molecule has 116 valence electrons. The van der Waals surface area contributed by atoms with Crippen molar-refractivity contribution < 1.29 is 12.6 Å². The van der Waals surface area contributed by atoms with E-state index in [-0.39, 0.29) is 39.6 Å². The minimum atomic E-state index is -4.02. The summed E-state index contributed by atoms with van der Waals surface area (Å²) in [5, 5.41) is 2.87. The first-order valence-corrected chi connectivity index (χ1v) is 8.90. The Morgan fingerprint density at radius 1 is 0.958 bits per heavy atom. The van der Waals surface area contributed by atoms with Crippen LogP contribution < -0.4 is 4.18 Å². The maximum atomic E-state index is 12.7. The Hall–Kier alpha value is -1.58. The number of fused-ring (bicyclic) bond motifs is 3. The number of thiazole rings is 1. The minimum absolute atomic E-state index is 0. The van der Waals surface area contributed by atoms with E-state index in [1.807, 2.05) is 0 Å². The van der Waals surface area contributed by atoms with E-state index in [1.165, 1.54) is 6.20 Å². The summed E-state index contributed by atoms with van der Waals surface area (Å²) in [5.41, 5.74) is 1.17. The van der Waals surface area contributed by atoms with Gasteiger partial charge in [-0.3, -0.25) is 9.97 Å². The zero-order valence-corrected chi connectivity index (χ0v) is 13.2. The topological polar surface area (TPSA) is 82.0 Å². The van der Waals surface area contributed by atoms with Crippen LogP contribution in [0.4, 0.5) is 0 Å². The molecule has 0 atom stereocenters. The molecular formula is C15H10N3NaO3S2. The molecule has 0 saturated heterocycles. The fourth-order valence-corrected chi connectivity index (χ4v) is 4.15. The molecule has 3 aromatic heterocycles. The van der Waals surface area contributed by atoms with Crippen LogP contribution in [-0.2, 0) is 10.1 Å². The SMILES string of the molecule is O=S(=O)(Oc1nccs1)c1cc2cccnc2c2ncccc12.[NaH]. The molecule has 0 bridgehead atoms. The predicted octanol–water partition coefficient (Wildman–Crippen LogP) is 2.36. The van der Waals surface area contributed by atoms with E-state index < -0.39 is 10.1 Å². The van der Waals surface area contributed by atoms with Gasteiger partial charge in [-0.2, -0.15) is 8.42 Å². The van der Waals surface area contributed by atoms with Crippen molar-refractivity contribution in [1.29, 1.82) is 0 Å². The van der Waals surface area contributed by atoms with Crippen molar-refractivity contribution in [3.63, 3.8) is 0 Å². The van der Waals surface area contributed by atoms with Crippen LogP contribution in [0.25, 0.3) is 21.8 Å². The number of nitrogens with zero attached hydrogens (tertiary/aromatic N) is 3. The first kappa shape index (κ1) is 17.2. The fraction of sp³-hybridized carbons (Fsp3) is 0. The van der Waals surface area contributed by atoms with Crippen molar-refractivity contribution in [3.8, 4) is 5.19 Å². The van der Waals surface area contributed by atoms with E-state index in [0.29, 0.717) is 21.8 Å². The average molecular weight is 367 g/mol. The number of pyridine rings is 2. The molecule has 6 nitrogen and oxygen atoms in total. The van der Waals surface area contributed by atoms with E-state index in [0.717, 1.165) is 11.3 Å². The maximum absolute atomic E-state index is 12.7. The van der Waals surface area contributed by atoms with Crippen molar-refractivity contribution >= 4 is 72.8 Å². The molecule has 0 aliphatic rings. The monoisotopic (exact) mass is 367 g/mol. The number of aromatic nitrogens is 3. The predicted molar refractivity (Wildman–Crippen MR) is 94.1 cm³/mol. The quantitative estimate of drug-likeness (QED) is 0.314. The van der Waals surface area contributed by atoms with Gasteiger partial charge in [-0.05, 0) is 24.3 Å². The summed E-state index contributed by atoms with van der Waals surface area (Å²) in [6, 6.07) is 8.46. The van der Waals surface area contributed by atoms with Gasteiger partial charge in [0.1, 0.15) is 4.90 Å². The molecule has 0 spiro atoms. The Morgan fingerprint density at radius 2 is 1.71 bits per heavy atom. The third-order valence-corrected chi connectivity index (χ3v) is 5.29.